The molecule has 0 fully saturated rings. The molecule has 0 saturated heterocycles. The Hall–Kier alpha value is -2.21. The number of halogens is 4. The summed E-state index contributed by atoms with van der Waals surface area (Å²) in [4.78, 5) is 0. The lowest BCUT2D eigenvalue weighted by molar-refractivity contribution is -0.137. The SMILES string of the molecule is N=C(N)c1cc(Oc2ccccc2Cl)ccc1C(F)(F)F. The summed E-state index contributed by atoms with van der Waals surface area (Å²) in [6.07, 6.45) is -4.59. The Labute approximate surface area is 123 Å². The number of benzene rings is 2. The molecule has 0 aromatic heterocycles. The third kappa shape index (κ3) is 3.46. The van der Waals surface area contributed by atoms with E-state index in [9.17, 15) is 13.2 Å². The van der Waals surface area contributed by atoms with Crippen LogP contribution in [0.1, 0.15) is 11.1 Å². The first kappa shape index (κ1) is 15.2. The average Bonchev–Trinajstić information content (AvgIpc) is 2.40. The van der Waals surface area contributed by atoms with Crippen LogP contribution < -0.4 is 10.5 Å². The largest absolute Gasteiger partial charge is 0.456 e. The van der Waals surface area contributed by atoms with E-state index in [0.717, 1.165) is 18.2 Å². The summed E-state index contributed by atoms with van der Waals surface area (Å²) in [5, 5.41) is 7.59. The Bertz CT molecular complexity index is 686. The van der Waals surface area contributed by atoms with E-state index in [1.54, 1.807) is 24.3 Å². The molecule has 0 unspecified atom stereocenters. The van der Waals surface area contributed by atoms with Crippen molar-refractivity contribution < 1.29 is 17.9 Å². The molecule has 0 amide bonds. The van der Waals surface area contributed by atoms with Gasteiger partial charge in [0.25, 0.3) is 0 Å². The number of amidine groups is 1. The highest BCUT2D eigenvalue weighted by atomic mass is 35.5. The minimum Gasteiger partial charge on any atom is -0.456 e. The molecular formula is C14H10ClF3N2O. The Kier molecular flexibility index (Phi) is 4.09. The van der Waals surface area contributed by atoms with Gasteiger partial charge in [0.05, 0.1) is 10.6 Å². The molecule has 2 rings (SSSR count). The lowest BCUT2D eigenvalue weighted by atomic mass is 10.1. The highest BCUT2D eigenvalue weighted by molar-refractivity contribution is 6.32. The maximum Gasteiger partial charge on any atom is 0.417 e. The van der Waals surface area contributed by atoms with Gasteiger partial charge in [-0.15, -0.1) is 0 Å². The van der Waals surface area contributed by atoms with Crippen molar-refractivity contribution in [3.05, 3.63) is 58.6 Å². The van der Waals surface area contributed by atoms with Crippen LogP contribution in [-0.4, -0.2) is 5.84 Å². The van der Waals surface area contributed by atoms with Gasteiger partial charge in [-0.05, 0) is 30.3 Å². The number of hydrogen-bond acceptors (Lipinski definition) is 2. The van der Waals surface area contributed by atoms with Crippen molar-refractivity contribution in [1.29, 1.82) is 5.41 Å². The third-order valence-electron chi connectivity index (χ3n) is 2.65. The van der Waals surface area contributed by atoms with Gasteiger partial charge in [-0.3, -0.25) is 5.41 Å². The number of hydrogen-bond donors (Lipinski definition) is 2. The second-order valence-corrected chi connectivity index (χ2v) is 4.56. The summed E-state index contributed by atoms with van der Waals surface area (Å²) in [6, 6.07) is 9.58. The first-order chi connectivity index (χ1) is 9.79. The molecule has 0 spiro atoms. The highest BCUT2D eigenvalue weighted by Gasteiger charge is 2.34. The number of para-hydroxylation sites is 1. The van der Waals surface area contributed by atoms with Crippen molar-refractivity contribution in [2.75, 3.05) is 0 Å². The normalized spacial score (nSPS) is 11.2. The second kappa shape index (κ2) is 5.65. The Morgan fingerprint density at radius 3 is 2.38 bits per heavy atom. The zero-order valence-corrected chi connectivity index (χ0v) is 11.3. The van der Waals surface area contributed by atoms with Crippen LogP contribution in [0.3, 0.4) is 0 Å². The molecule has 110 valence electrons. The van der Waals surface area contributed by atoms with Crippen LogP contribution in [0.4, 0.5) is 13.2 Å². The maximum absolute atomic E-state index is 12.8. The molecule has 0 aliphatic carbocycles. The summed E-state index contributed by atoms with van der Waals surface area (Å²) >= 11 is 5.91. The molecule has 3 nitrogen and oxygen atoms in total. The molecule has 0 heterocycles. The summed E-state index contributed by atoms with van der Waals surface area (Å²) < 4.78 is 43.9. The van der Waals surface area contributed by atoms with Crippen molar-refractivity contribution in [3.8, 4) is 11.5 Å². The molecule has 7 heteroatoms. The van der Waals surface area contributed by atoms with Gasteiger partial charge in [-0.25, -0.2) is 0 Å². The summed E-state index contributed by atoms with van der Waals surface area (Å²) in [5.74, 6) is -0.276. The van der Waals surface area contributed by atoms with Crippen LogP contribution in [0, 0.1) is 5.41 Å². The van der Waals surface area contributed by atoms with E-state index in [2.05, 4.69) is 0 Å². The van der Waals surface area contributed by atoms with E-state index in [0.29, 0.717) is 10.8 Å². The molecule has 3 N–H and O–H groups in total. The third-order valence-corrected chi connectivity index (χ3v) is 2.96. The lowest BCUT2D eigenvalue weighted by Gasteiger charge is -2.14. The number of ether oxygens (including phenoxy) is 1. The van der Waals surface area contributed by atoms with E-state index >= 15 is 0 Å². The fourth-order valence-electron chi connectivity index (χ4n) is 1.71. The first-order valence-corrected chi connectivity index (χ1v) is 6.15. The van der Waals surface area contributed by atoms with Gasteiger partial charge in [0.2, 0.25) is 0 Å². The van der Waals surface area contributed by atoms with Crippen molar-refractivity contribution in [3.63, 3.8) is 0 Å². The first-order valence-electron chi connectivity index (χ1n) is 5.77. The van der Waals surface area contributed by atoms with Gasteiger partial charge in [0.1, 0.15) is 17.3 Å². The zero-order chi connectivity index (χ0) is 15.6. The van der Waals surface area contributed by atoms with E-state index < -0.39 is 23.1 Å². The molecule has 0 aliphatic rings. The summed E-state index contributed by atoms with van der Waals surface area (Å²) in [7, 11) is 0. The van der Waals surface area contributed by atoms with Gasteiger partial charge in [-0.2, -0.15) is 13.2 Å². The van der Waals surface area contributed by atoms with Crippen molar-refractivity contribution in [1.82, 2.24) is 0 Å². The number of nitrogens with two attached hydrogens (primary N) is 1. The van der Waals surface area contributed by atoms with Crippen LogP contribution >= 0.6 is 11.6 Å². The van der Waals surface area contributed by atoms with Gasteiger partial charge in [-0.1, -0.05) is 23.7 Å². The van der Waals surface area contributed by atoms with Gasteiger partial charge in [0.15, 0.2) is 0 Å². The quantitative estimate of drug-likeness (QED) is 0.650. The number of rotatable bonds is 3. The molecule has 0 aliphatic heterocycles. The van der Waals surface area contributed by atoms with E-state index in [1.165, 1.54) is 0 Å². The molecule has 0 radical (unpaired) electrons. The van der Waals surface area contributed by atoms with E-state index in [-0.39, 0.29) is 5.75 Å². The lowest BCUT2D eigenvalue weighted by Crippen LogP contribution is -2.18. The van der Waals surface area contributed by atoms with Crippen LogP contribution in [0.2, 0.25) is 5.02 Å². The number of nitrogen functional groups attached to an aromatic ring is 1. The topological polar surface area (TPSA) is 59.1 Å². The summed E-state index contributed by atoms with van der Waals surface area (Å²) in [6.45, 7) is 0. The molecule has 0 saturated carbocycles. The smallest absolute Gasteiger partial charge is 0.417 e. The molecule has 21 heavy (non-hydrogen) atoms. The standard InChI is InChI=1S/C14H10ClF3N2O/c15-11-3-1-2-4-12(11)21-8-5-6-10(14(16,17)18)9(7-8)13(19)20/h1-7H,(H3,19,20). The fourth-order valence-corrected chi connectivity index (χ4v) is 1.89. The molecule has 0 bridgehead atoms. The average molecular weight is 315 g/mol. The molecule has 2 aromatic carbocycles. The van der Waals surface area contributed by atoms with Crippen LogP contribution in [0.15, 0.2) is 42.5 Å². The predicted molar refractivity (Wildman–Crippen MR) is 74.0 cm³/mol. The Morgan fingerprint density at radius 2 is 1.81 bits per heavy atom. The number of alkyl halides is 3. The van der Waals surface area contributed by atoms with Crippen molar-refractivity contribution in [2.24, 2.45) is 5.73 Å². The Balaban J connectivity index is 2.42. The summed E-state index contributed by atoms with van der Waals surface area (Å²) in [5.41, 5.74) is 3.78. The Morgan fingerprint density at radius 1 is 1.14 bits per heavy atom. The monoisotopic (exact) mass is 314 g/mol. The minimum absolute atomic E-state index is 0.112. The van der Waals surface area contributed by atoms with Crippen LogP contribution in [-0.2, 0) is 6.18 Å². The predicted octanol–water partition coefficient (Wildman–Crippen LogP) is 4.44. The maximum atomic E-state index is 12.8. The van der Waals surface area contributed by atoms with Crippen LogP contribution in [0.5, 0.6) is 11.5 Å². The molecule has 2 aromatic rings. The van der Waals surface area contributed by atoms with Crippen LogP contribution in [0.25, 0.3) is 0 Å². The van der Waals surface area contributed by atoms with E-state index in [1.807, 2.05) is 0 Å². The minimum atomic E-state index is -4.59. The molecule has 0 atom stereocenters. The van der Waals surface area contributed by atoms with Crippen molar-refractivity contribution >= 4 is 17.4 Å². The van der Waals surface area contributed by atoms with Gasteiger partial charge >= 0.3 is 6.18 Å². The second-order valence-electron chi connectivity index (χ2n) is 4.15. The van der Waals surface area contributed by atoms with Crippen molar-refractivity contribution in [2.45, 2.75) is 6.18 Å². The number of nitrogens with one attached hydrogen (secondary N) is 1. The van der Waals surface area contributed by atoms with E-state index in [4.69, 9.17) is 27.5 Å². The highest BCUT2D eigenvalue weighted by Crippen LogP contribution is 2.35. The van der Waals surface area contributed by atoms with Gasteiger partial charge < -0.3 is 10.5 Å². The molecular weight excluding hydrogens is 305 g/mol. The zero-order valence-electron chi connectivity index (χ0n) is 10.5. The van der Waals surface area contributed by atoms with Gasteiger partial charge in [0, 0.05) is 5.56 Å². The fraction of sp³-hybridized carbons (Fsp3) is 0.0714.